The summed E-state index contributed by atoms with van der Waals surface area (Å²) in [6.07, 6.45) is 0. The Morgan fingerprint density at radius 2 is 1.74 bits per heavy atom. The maximum absolute atomic E-state index is 12.5. The zero-order chi connectivity index (χ0) is 19.0. The van der Waals surface area contributed by atoms with Gasteiger partial charge >= 0.3 is 0 Å². The molecule has 1 atom stereocenters. The highest BCUT2D eigenvalue weighted by atomic mass is 16.5. The molecule has 138 valence electrons. The van der Waals surface area contributed by atoms with Crippen molar-refractivity contribution in [3.8, 4) is 28.5 Å². The van der Waals surface area contributed by atoms with Crippen molar-refractivity contribution in [3.05, 3.63) is 59.3 Å². The summed E-state index contributed by atoms with van der Waals surface area (Å²) in [5.74, 6) is 1.85. The normalized spacial score (nSPS) is 15.2. The van der Waals surface area contributed by atoms with Crippen molar-refractivity contribution in [1.29, 1.82) is 0 Å². The third-order valence-electron chi connectivity index (χ3n) is 4.69. The second-order valence-corrected chi connectivity index (χ2v) is 6.11. The largest absolute Gasteiger partial charge is 0.497 e. The lowest BCUT2D eigenvalue weighted by Gasteiger charge is -2.17. The van der Waals surface area contributed by atoms with Crippen molar-refractivity contribution in [3.63, 3.8) is 0 Å². The minimum atomic E-state index is -0.405. The van der Waals surface area contributed by atoms with Gasteiger partial charge in [0.05, 0.1) is 33.1 Å². The third kappa shape index (κ3) is 2.77. The molecule has 7 heteroatoms. The minimum absolute atomic E-state index is 0.207. The minimum Gasteiger partial charge on any atom is -0.497 e. The number of nitrogens with one attached hydrogen (secondary N) is 2. The van der Waals surface area contributed by atoms with Crippen LogP contribution in [-0.4, -0.2) is 37.4 Å². The number of hydrogen-bond acceptors (Lipinski definition) is 5. The second-order valence-electron chi connectivity index (χ2n) is 6.11. The van der Waals surface area contributed by atoms with Crippen molar-refractivity contribution in [2.24, 2.45) is 0 Å². The van der Waals surface area contributed by atoms with Crippen LogP contribution in [0.25, 0.3) is 11.3 Å². The first kappa shape index (κ1) is 17.0. The van der Waals surface area contributed by atoms with Gasteiger partial charge in [-0.3, -0.25) is 9.89 Å². The highest BCUT2D eigenvalue weighted by Crippen LogP contribution is 2.41. The maximum Gasteiger partial charge on any atom is 0.270 e. The SMILES string of the molecule is COc1cccc(-c2n[nH]c3c2C(c2cc(OC)ccc2OC)NC3=O)c1. The number of hydrogen-bond donors (Lipinski definition) is 2. The second kappa shape index (κ2) is 6.68. The summed E-state index contributed by atoms with van der Waals surface area (Å²) in [6, 6.07) is 12.7. The first-order valence-corrected chi connectivity index (χ1v) is 8.41. The van der Waals surface area contributed by atoms with E-state index >= 15 is 0 Å². The Morgan fingerprint density at radius 1 is 0.963 bits per heavy atom. The van der Waals surface area contributed by atoms with E-state index < -0.39 is 6.04 Å². The molecule has 0 saturated heterocycles. The zero-order valence-electron chi connectivity index (χ0n) is 15.2. The average Bonchev–Trinajstić information content (AvgIpc) is 3.29. The molecule has 3 aromatic rings. The van der Waals surface area contributed by atoms with E-state index in [4.69, 9.17) is 14.2 Å². The summed E-state index contributed by atoms with van der Waals surface area (Å²) in [5, 5.41) is 10.3. The molecule has 0 saturated carbocycles. The lowest BCUT2D eigenvalue weighted by Crippen LogP contribution is -2.21. The van der Waals surface area contributed by atoms with Crippen LogP contribution >= 0.6 is 0 Å². The van der Waals surface area contributed by atoms with Crippen LogP contribution in [0.4, 0.5) is 0 Å². The molecule has 1 aromatic heterocycles. The van der Waals surface area contributed by atoms with Crippen LogP contribution in [-0.2, 0) is 0 Å². The van der Waals surface area contributed by atoms with Gasteiger partial charge in [-0.25, -0.2) is 0 Å². The Kier molecular flexibility index (Phi) is 4.19. The van der Waals surface area contributed by atoms with Crippen molar-refractivity contribution < 1.29 is 19.0 Å². The number of methoxy groups -OCH3 is 3. The highest BCUT2D eigenvalue weighted by molar-refractivity contribution is 6.00. The molecule has 1 unspecified atom stereocenters. The summed E-state index contributed by atoms with van der Waals surface area (Å²) < 4.78 is 16.2. The van der Waals surface area contributed by atoms with Crippen molar-refractivity contribution >= 4 is 5.91 Å². The first-order valence-electron chi connectivity index (χ1n) is 8.41. The number of benzene rings is 2. The molecule has 2 N–H and O–H groups in total. The molecule has 1 aliphatic heterocycles. The molecule has 0 fully saturated rings. The third-order valence-corrected chi connectivity index (χ3v) is 4.69. The Balaban J connectivity index is 1.87. The molecule has 27 heavy (non-hydrogen) atoms. The predicted octanol–water partition coefficient (Wildman–Crippen LogP) is 2.94. The predicted molar refractivity (Wildman–Crippen MR) is 99.4 cm³/mol. The number of H-pyrrole nitrogens is 1. The van der Waals surface area contributed by atoms with Gasteiger partial charge in [-0.1, -0.05) is 12.1 Å². The van der Waals surface area contributed by atoms with Gasteiger partial charge in [0, 0.05) is 16.7 Å². The van der Waals surface area contributed by atoms with Gasteiger partial charge in [-0.15, -0.1) is 0 Å². The van der Waals surface area contributed by atoms with E-state index in [0.717, 1.165) is 22.4 Å². The van der Waals surface area contributed by atoms with Gasteiger partial charge in [-0.2, -0.15) is 5.10 Å². The molecule has 0 radical (unpaired) electrons. The molecule has 0 bridgehead atoms. The van der Waals surface area contributed by atoms with E-state index in [1.807, 2.05) is 42.5 Å². The summed E-state index contributed by atoms with van der Waals surface area (Å²) in [4.78, 5) is 12.5. The van der Waals surface area contributed by atoms with Gasteiger partial charge in [0.15, 0.2) is 0 Å². The van der Waals surface area contributed by atoms with Crippen LogP contribution in [0, 0.1) is 0 Å². The van der Waals surface area contributed by atoms with E-state index in [0.29, 0.717) is 22.9 Å². The number of fused-ring (bicyclic) bond motifs is 1. The summed E-state index contributed by atoms with van der Waals surface area (Å²) in [6.45, 7) is 0. The van der Waals surface area contributed by atoms with Gasteiger partial charge in [-0.05, 0) is 30.3 Å². The Morgan fingerprint density at radius 3 is 2.48 bits per heavy atom. The molecule has 0 aliphatic carbocycles. The summed E-state index contributed by atoms with van der Waals surface area (Å²) in [5.41, 5.74) is 3.57. The van der Waals surface area contributed by atoms with Crippen LogP contribution in [0.3, 0.4) is 0 Å². The van der Waals surface area contributed by atoms with Crippen molar-refractivity contribution in [2.45, 2.75) is 6.04 Å². The molecular weight excluding hydrogens is 346 g/mol. The fraction of sp³-hybridized carbons (Fsp3) is 0.200. The number of aromatic amines is 1. The van der Waals surface area contributed by atoms with E-state index in [-0.39, 0.29) is 5.91 Å². The van der Waals surface area contributed by atoms with Gasteiger partial charge < -0.3 is 19.5 Å². The number of rotatable bonds is 5. The smallest absolute Gasteiger partial charge is 0.270 e. The van der Waals surface area contributed by atoms with Crippen LogP contribution in [0.1, 0.15) is 27.7 Å². The van der Waals surface area contributed by atoms with Gasteiger partial charge in [0.2, 0.25) is 0 Å². The molecular formula is C20H19N3O4. The van der Waals surface area contributed by atoms with E-state index in [2.05, 4.69) is 15.5 Å². The summed E-state index contributed by atoms with van der Waals surface area (Å²) in [7, 11) is 4.81. The van der Waals surface area contributed by atoms with Crippen molar-refractivity contribution in [1.82, 2.24) is 15.5 Å². The zero-order valence-corrected chi connectivity index (χ0v) is 15.2. The fourth-order valence-electron chi connectivity index (χ4n) is 3.37. The quantitative estimate of drug-likeness (QED) is 0.726. The van der Waals surface area contributed by atoms with E-state index in [9.17, 15) is 4.79 Å². The molecule has 1 amide bonds. The van der Waals surface area contributed by atoms with Crippen LogP contribution in [0.5, 0.6) is 17.2 Å². The average molecular weight is 365 g/mol. The molecule has 0 spiro atoms. The van der Waals surface area contributed by atoms with Crippen molar-refractivity contribution in [2.75, 3.05) is 21.3 Å². The molecule has 2 heterocycles. The highest BCUT2D eigenvalue weighted by Gasteiger charge is 2.37. The van der Waals surface area contributed by atoms with Gasteiger partial charge in [0.25, 0.3) is 5.91 Å². The van der Waals surface area contributed by atoms with E-state index in [1.54, 1.807) is 21.3 Å². The maximum atomic E-state index is 12.5. The number of amides is 1. The topological polar surface area (TPSA) is 85.5 Å². The van der Waals surface area contributed by atoms with Crippen LogP contribution in [0.15, 0.2) is 42.5 Å². The number of aromatic nitrogens is 2. The molecule has 4 rings (SSSR count). The Hall–Kier alpha value is -3.48. The fourth-order valence-corrected chi connectivity index (χ4v) is 3.37. The standard InChI is InChI=1S/C20H19N3O4/c1-25-12-6-4-5-11(9-12)17-16-18(21-20(24)19(16)23-22-17)14-10-13(26-2)7-8-15(14)27-3/h4-10,18H,1-3H3,(H,21,24)(H,22,23). The van der Waals surface area contributed by atoms with Crippen LogP contribution in [0.2, 0.25) is 0 Å². The Bertz CT molecular complexity index is 1010. The number of ether oxygens (including phenoxy) is 3. The molecule has 1 aliphatic rings. The van der Waals surface area contributed by atoms with Crippen LogP contribution < -0.4 is 19.5 Å². The monoisotopic (exact) mass is 365 g/mol. The number of nitrogens with zero attached hydrogens (tertiary/aromatic N) is 1. The lowest BCUT2D eigenvalue weighted by molar-refractivity contribution is 0.0955. The molecule has 7 nitrogen and oxygen atoms in total. The number of carbonyl (C=O) groups is 1. The number of carbonyl (C=O) groups excluding carboxylic acids is 1. The lowest BCUT2D eigenvalue weighted by atomic mass is 9.96. The Labute approximate surface area is 156 Å². The van der Waals surface area contributed by atoms with Gasteiger partial charge in [0.1, 0.15) is 22.9 Å². The molecule has 2 aromatic carbocycles. The first-order chi connectivity index (χ1) is 13.2. The summed E-state index contributed by atoms with van der Waals surface area (Å²) >= 11 is 0. The van der Waals surface area contributed by atoms with E-state index in [1.165, 1.54) is 0 Å².